The largest absolute Gasteiger partial charge is 0.361 e. The third-order valence-electron chi connectivity index (χ3n) is 0.610. The lowest BCUT2D eigenvalue weighted by Gasteiger charge is -1.83. The summed E-state index contributed by atoms with van der Waals surface area (Å²) in [6.45, 7) is 0. The summed E-state index contributed by atoms with van der Waals surface area (Å²) in [6.07, 6.45) is 0.0656. The van der Waals surface area contributed by atoms with E-state index in [1.807, 2.05) is 0 Å². The maximum Gasteiger partial charge on any atom is 0.350 e. The first-order valence-electron chi connectivity index (χ1n) is 2.13. The summed E-state index contributed by atoms with van der Waals surface area (Å²) in [5, 5.41) is -2.03. The highest BCUT2D eigenvalue weighted by Crippen LogP contribution is 1.84. The first-order chi connectivity index (χ1) is 4.89. The quantitative estimate of drug-likeness (QED) is 0.177. The van der Waals surface area contributed by atoms with Crippen LogP contribution in [0.3, 0.4) is 0 Å². The lowest BCUT2D eigenvalue weighted by atomic mass is 10.5. The van der Waals surface area contributed by atoms with Crippen LogP contribution in [-0.4, -0.2) is 34.9 Å². The van der Waals surface area contributed by atoms with Gasteiger partial charge in [0.2, 0.25) is 0 Å². The van der Waals surface area contributed by atoms with Crippen LogP contribution in [0.25, 0.3) is 5.53 Å². The number of ketones is 1. The highest BCUT2D eigenvalue weighted by molar-refractivity contribution is 8.03. The van der Waals surface area contributed by atoms with Gasteiger partial charge in [-0.3, -0.25) is 14.1 Å². The Labute approximate surface area is 61.0 Å². The van der Waals surface area contributed by atoms with E-state index in [1.165, 1.54) is 0 Å². The maximum atomic E-state index is 10.2. The monoisotopic (exact) mass is 178 g/mol. The molecule has 0 aliphatic carbocycles. The first kappa shape index (κ1) is 9.63. The zero-order valence-electron chi connectivity index (χ0n) is 4.96. The summed E-state index contributed by atoms with van der Waals surface area (Å²) in [7, 11) is -5.02. The Morgan fingerprint density at radius 1 is 1.45 bits per heavy atom. The molecular formula is C3H2N2O5S. The van der Waals surface area contributed by atoms with Crippen molar-refractivity contribution in [1.29, 1.82) is 0 Å². The van der Waals surface area contributed by atoms with Gasteiger partial charge in [0.15, 0.2) is 0 Å². The van der Waals surface area contributed by atoms with E-state index in [9.17, 15) is 18.0 Å². The molecule has 0 amide bonds. The molecule has 0 saturated heterocycles. The molecule has 0 aliphatic heterocycles. The summed E-state index contributed by atoms with van der Waals surface area (Å²) < 4.78 is 27.7. The van der Waals surface area contributed by atoms with Crippen LogP contribution in [0, 0.1) is 0 Å². The second-order valence-corrected chi connectivity index (χ2v) is 2.69. The summed E-state index contributed by atoms with van der Waals surface area (Å²) in [6, 6.07) is 0. The van der Waals surface area contributed by atoms with Crippen molar-refractivity contribution in [3.8, 4) is 0 Å². The van der Waals surface area contributed by atoms with E-state index in [4.69, 9.17) is 10.1 Å². The molecule has 1 N–H and O–H groups in total. The van der Waals surface area contributed by atoms with Gasteiger partial charge in [-0.15, -0.1) is 0 Å². The molecule has 0 aromatic heterocycles. The second kappa shape index (κ2) is 3.15. The van der Waals surface area contributed by atoms with Crippen LogP contribution in [-0.2, 0) is 19.7 Å². The van der Waals surface area contributed by atoms with Gasteiger partial charge in [0.05, 0.1) is 0 Å². The molecule has 0 fully saturated rings. The summed E-state index contributed by atoms with van der Waals surface area (Å²) >= 11 is 0. The van der Waals surface area contributed by atoms with Gasteiger partial charge in [0.25, 0.3) is 0 Å². The van der Waals surface area contributed by atoms with Gasteiger partial charge < -0.3 is 5.53 Å². The van der Waals surface area contributed by atoms with Gasteiger partial charge in [-0.25, -0.2) is 0 Å². The Morgan fingerprint density at radius 2 is 1.91 bits per heavy atom. The van der Waals surface area contributed by atoms with Crippen LogP contribution < -0.4 is 0 Å². The van der Waals surface area contributed by atoms with Gasteiger partial charge >= 0.3 is 27.2 Å². The average Bonchev–Trinajstić information content (AvgIpc) is 1.85. The fourth-order valence-electron chi connectivity index (χ4n) is 0.232. The van der Waals surface area contributed by atoms with Crippen LogP contribution in [0.5, 0.6) is 0 Å². The summed E-state index contributed by atoms with van der Waals surface area (Å²) in [5.41, 5.74) is 7.67. The molecule has 0 unspecified atom stereocenters. The Balaban J connectivity index is 4.81. The van der Waals surface area contributed by atoms with E-state index in [0.29, 0.717) is 0 Å². The predicted octanol–water partition coefficient (Wildman–Crippen LogP) is -1.73. The summed E-state index contributed by atoms with van der Waals surface area (Å²) in [5.74, 6) is -1.62. The number of carbonyl (C=O) groups excluding carboxylic acids is 2. The molecular weight excluding hydrogens is 176 g/mol. The maximum absolute atomic E-state index is 10.2. The van der Waals surface area contributed by atoms with Crippen LogP contribution in [0.2, 0.25) is 0 Å². The average molecular weight is 178 g/mol. The first-order valence-corrected chi connectivity index (χ1v) is 3.57. The van der Waals surface area contributed by atoms with E-state index >= 15 is 0 Å². The highest BCUT2D eigenvalue weighted by atomic mass is 32.2. The Hall–Kier alpha value is -1.37. The van der Waals surface area contributed by atoms with Gasteiger partial charge in [0.1, 0.15) is 0 Å². The fourth-order valence-corrected chi connectivity index (χ4v) is 0.539. The number of rotatable bonds is 2. The standard InChI is InChI=1S/C3H2N2O5S/c4-5-1-2(6)3(7)11(8,9)10/h1H,(H,8,9,10). The molecule has 0 aromatic carbocycles. The minimum atomic E-state index is -5.02. The van der Waals surface area contributed by atoms with Gasteiger partial charge in [-0.2, -0.15) is 13.2 Å². The van der Waals surface area contributed by atoms with Crippen molar-refractivity contribution >= 4 is 27.2 Å². The molecule has 0 atom stereocenters. The number of carbonyl (C=O) groups is 2. The highest BCUT2D eigenvalue weighted by Gasteiger charge is 2.28. The third-order valence-corrected chi connectivity index (χ3v) is 1.28. The normalized spacial score (nSPS) is 9.91. The van der Waals surface area contributed by atoms with Crippen molar-refractivity contribution in [2.24, 2.45) is 0 Å². The van der Waals surface area contributed by atoms with Crippen molar-refractivity contribution in [1.82, 2.24) is 0 Å². The number of Topliss-reactive ketones (excluding diaryl/α,β-unsaturated/α-hetero) is 1. The van der Waals surface area contributed by atoms with E-state index in [-0.39, 0.29) is 6.21 Å². The number of hydrogen-bond donors (Lipinski definition) is 1. The van der Waals surface area contributed by atoms with E-state index in [0.717, 1.165) is 0 Å². The van der Waals surface area contributed by atoms with Gasteiger partial charge in [0, 0.05) is 0 Å². The minimum absolute atomic E-state index is 0.0656. The van der Waals surface area contributed by atoms with Crippen molar-refractivity contribution < 1.29 is 27.3 Å². The van der Waals surface area contributed by atoms with Gasteiger partial charge in [-0.05, 0) is 0 Å². The third kappa shape index (κ3) is 2.80. The van der Waals surface area contributed by atoms with Crippen molar-refractivity contribution in [3.63, 3.8) is 0 Å². The summed E-state index contributed by atoms with van der Waals surface area (Å²) in [4.78, 5) is 22.5. The minimum Gasteiger partial charge on any atom is -0.361 e. The Kier molecular flexibility index (Phi) is 2.76. The predicted molar refractivity (Wildman–Crippen MR) is 31.2 cm³/mol. The van der Waals surface area contributed by atoms with Crippen LogP contribution in [0.1, 0.15) is 0 Å². The van der Waals surface area contributed by atoms with E-state index < -0.39 is 21.0 Å². The molecule has 11 heavy (non-hydrogen) atoms. The number of nitrogens with zero attached hydrogens (tertiary/aromatic N) is 2. The molecule has 60 valence electrons. The SMILES string of the molecule is [N-]=[N+]=CC(=O)C(=O)S(=O)(=O)O. The van der Waals surface area contributed by atoms with E-state index in [1.54, 1.807) is 0 Å². The molecule has 0 aliphatic rings. The van der Waals surface area contributed by atoms with E-state index in [2.05, 4.69) is 4.79 Å². The molecule has 0 saturated carbocycles. The molecule has 0 heterocycles. The lowest BCUT2D eigenvalue weighted by Crippen LogP contribution is -2.24. The van der Waals surface area contributed by atoms with Gasteiger partial charge in [-0.1, -0.05) is 0 Å². The van der Waals surface area contributed by atoms with Crippen LogP contribution in [0.4, 0.5) is 0 Å². The molecule has 8 heteroatoms. The zero-order valence-corrected chi connectivity index (χ0v) is 5.78. The van der Waals surface area contributed by atoms with Crippen LogP contribution in [0.15, 0.2) is 0 Å². The molecule has 0 radical (unpaired) electrons. The lowest BCUT2D eigenvalue weighted by molar-refractivity contribution is -0.129. The van der Waals surface area contributed by atoms with Crippen molar-refractivity contribution in [3.05, 3.63) is 5.53 Å². The van der Waals surface area contributed by atoms with Crippen molar-refractivity contribution in [2.75, 3.05) is 0 Å². The molecule has 0 spiro atoms. The number of hydrogen-bond acceptors (Lipinski definition) is 4. The fraction of sp³-hybridized carbons (Fsp3) is 0. The second-order valence-electron chi connectivity index (χ2n) is 1.37. The molecule has 0 bridgehead atoms. The Bertz CT molecular complexity index is 335. The molecule has 0 rings (SSSR count). The molecule has 7 nitrogen and oxygen atoms in total. The topological polar surface area (TPSA) is 125 Å². The zero-order chi connectivity index (χ0) is 9.07. The van der Waals surface area contributed by atoms with Crippen molar-refractivity contribution in [2.45, 2.75) is 0 Å². The molecule has 0 aromatic rings. The van der Waals surface area contributed by atoms with Crippen LogP contribution >= 0.6 is 0 Å². The smallest absolute Gasteiger partial charge is 0.350 e. The Morgan fingerprint density at radius 3 is 2.18 bits per heavy atom.